The Labute approximate surface area is 94.1 Å². The van der Waals surface area contributed by atoms with Gasteiger partial charge in [-0.2, -0.15) is 0 Å². The summed E-state index contributed by atoms with van der Waals surface area (Å²) in [5, 5.41) is 0. The van der Waals surface area contributed by atoms with Crippen LogP contribution < -0.4 is 9.30 Å². The predicted octanol–water partition coefficient (Wildman–Crippen LogP) is 2.75. The van der Waals surface area contributed by atoms with Crippen LogP contribution in [0.25, 0.3) is 0 Å². The van der Waals surface area contributed by atoms with Crippen molar-refractivity contribution in [3.8, 4) is 0 Å². The van der Waals surface area contributed by atoms with Gasteiger partial charge in [-0.05, 0) is 39.3 Å². The van der Waals surface area contributed by atoms with E-state index in [4.69, 9.17) is 22.2 Å². The molecule has 0 fully saturated rings. The van der Waals surface area contributed by atoms with Gasteiger partial charge in [-0.3, -0.25) is 0 Å². The highest BCUT2D eigenvalue weighted by Crippen LogP contribution is 2.11. The molecular formula is C6H20Cl2N2Si3. The fourth-order valence-corrected chi connectivity index (χ4v) is 18.5. The lowest BCUT2D eigenvalue weighted by molar-refractivity contribution is 1.21. The molecule has 0 aromatic carbocycles. The number of hydrogen-bond donors (Lipinski definition) is 2. The van der Waals surface area contributed by atoms with Crippen molar-refractivity contribution < 1.29 is 0 Å². The van der Waals surface area contributed by atoms with Crippen molar-refractivity contribution >= 4 is 45.6 Å². The average Bonchev–Trinajstić information content (AvgIpc) is 1.43. The third-order valence-corrected chi connectivity index (χ3v) is 12.7. The van der Waals surface area contributed by atoms with Gasteiger partial charge in [0.1, 0.15) is 0 Å². The summed E-state index contributed by atoms with van der Waals surface area (Å²) >= 11 is 12.5. The van der Waals surface area contributed by atoms with Crippen molar-refractivity contribution in [1.82, 2.24) is 9.30 Å². The first-order chi connectivity index (χ1) is 5.41. The molecule has 2 nitrogen and oxygen atoms in total. The average molecular weight is 275 g/mol. The van der Waals surface area contributed by atoms with Gasteiger partial charge in [-0.15, -0.1) is 22.2 Å². The number of nitrogens with one attached hydrogen (secondary N) is 2. The van der Waals surface area contributed by atoms with Crippen LogP contribution in [-0.2, 0) is 0 Å². The van der Waals surface area contributed by atoms with Crippen LogP contribution in [0.2, 0.25) is 39.3 Å². The largest absolute Gasteiger partial charge is 0.336 e. The minimum atomic E-state index is -1.71. The third-order valence-electron chi connectivity index (χ3n) is 1.22. The van der Waals surface area contributed by atoms with E-state index in [0.29, 0.717) is 0 Å². The van der Waals surface area contributed by atoms with E-state index in [1.807, 2.05) is 0 Å². The quantitative estimate of drug-likeness (QED) is 0.609. The highest BCUT2D eigenvalue weighted by atomic mass is 35.6. The van der Waals surface area contributed by atoms with Crippen molar-refractivity contribution in [3.63, 3.8) is 0 Å². The van der Waals surface area contributed by atoms with Crippen LogP contribution in [0.5, 0.6) is 0 Å². The number of rotatable bonds is 4. The number of halogens is 2. The Kier molecular flexibility index (Phi) is 4.72. The van der Waals surface area contributed by atoms with Crippen molar-refractivity contribution in [2.75, 3.05) is 0 Å². The lowest BCUT2D eigenvalue weighted by Gasteiger charge is -2.34. The first kappa shape index (κ1) is 14.2. The maximum atomic E-state index is 6.24. The van der Waals surface area contributed by atoms with Crippen LogP contribution >= 0.6 is 22.2 Å². The Hall–Kier alpha value is 1.15. The topological polar surface area (TPSA) is 24.1 Å². The normalized spacial score (nSPS) is 14.8. The molecule has 13 heavy (non-hydrogen) atoms. The van der Waals surface area contributed by atoms with Crippen molar-refractivity contribution in [2.45, 2.75) is 39.3 Å². The van der Waals surface area contributed by atoms with Gasteiger partial charge >= 0.3 is 0 Å². The second-order valence-corrected chi connectivity index (χ2v) is 21.6. The van der Waals surface area contributed by atoms with Crippen LogP contribution in [0.15, 0.2) is 0 Å². The predicted molar refractivity (Wildman–Crippen MR) is 70.4 cm³/mol. The maximum Gasteiger partial charge on any atom is 0.215 e. The molecule has 0 aromatic rings. The summed E-state index contributed by atoms with van der Waals surface area (Å²) in [4.78, 5) is 0. The molecule has 0 aliphatic carbocycles. The van der Waals surface area contributed by atoms with E-state index in [9.17, 15) is 0 Å². The van der Waals surface area contributed by atoms with Gasteiger partial charge in [-0.1, -0.05) is 0 Å². The SMILES string of the molecule is C[Si](C)(Cl)N[Si](C)(C)N[Si](C)(C)Cl. The zero-order valence-electron chi connectivity index (χ0n) is 9.26. The van der Waals surface area contributed by atoms with Gasteiger partial charge in [0.25, 0.3) is 0 Å². The molecule has 0 amide bonds. The van der Waals surface area contributed by atoms with E-state index in [1.54, 1.807) is 0 Å². The standard InChI is InChI=1S/C6H20Cl2N2Si3/c1-11(2,7)9-13(5,6)10-12(3,4)8/h9-10H,1-6H3. The van der Waals surface area contributed by atoms with Gasteiger partial charge in [0.05, 0.1) is 0 Å². The molecule has 0 aromatic heterocycles. The summed E-state index contributed by atoms with van der Waals surface area (Å²) in [6.45, 7) is 12.8. The van der Waals surface area contributed by atoms with Crippen molar-refractivity contribution in [1.29, 1.82) is 0 Å². The Morgan fingerprint density at radius 2 is 0.923 bits per heavy atom. The summed E-state index contributed by atoms with van der Waals surface area (Å²) in [6, 6.07) is 0. The fraction of sp³-hybridized carbons (Fsp3) is 1.00. The smallest absolute Gasteiger partial charge is 0.215 e. The molecule has 0 saturated heterocycles. The molecule has 0 spiro atoms. The molecule has 0 radical (unpaired) electrons. The second-order valence-electron chi connectivity index (χ2n) is 4.82. The number of hydrogen-bond acceptors (Lipinski definition) is 2. The third kappa shape index (κ3) is 9.45. The Morgan fingerprint density at radius 1 is 0.692 bits per heavy atom. The van der Waals surface area contributed by atoms with Crippen molar-refractivity contribution in [3.05, 3.63) is 0 Å². The van der Waals surface area contributed by atoms with Gasteiger partial charge < -0.3 is 9.30 Å². The molecule has 80 valence electrons. The summed E-state index contributed by atoms with van der Waals surface area (Å²) in [7, 11) is -5.03. The van der Waals surface area contributed by atoms with E-state index in [1.165, 1.54) is 0 Å². The first-order valence-corrected chi connectivity index (χ1v) is 15.4. The van der Waals surface area contributed by atoms with Crippen LogP contribution in [0.3, 0.4) is 0 Å². The molecule has 0 aliphatic heterocycles. The minimum absolute atomic E-state index is 1.61. The Bertz CT molecular complexity index is 156. The zero-order valence-corrected chi connectivity index (χ0v) is 13.8. The molecule has 0 aliphatic rings. The highest BCUT2D eigenvalue weighted by Gasteiger charge is 2.34. The molecule has 2 N–H and O–H groups in total. The summed E-state index contributed by atoms with van der Waals surface area (Å²) in [6.07, 6.45) is 0. The van der Waals surface area contributed by atoms with E-state index in [2.05, 4.69) is 48.6 Å². The molecule has 0 atom stereocenters. The van der Waals surface area contributed by atoms with E-state index >= 15 is 0 Å². The highest BCUT2D eigenvalue weighted by molar-refractivity contribution is 7.24. The van der Waals surface area contributed by atoms with Crippen LogP contribution in [0.4, 0.5) is 0 Å². The van der Waals surface area contributed by atoms with E-state index in [0.717, 1.165) is 0 Å². The van der Waals surface area contributed by atoms with Crippen LogP contribution in [-0.4, -0.2) is 23.5 Å². The minimum Gasteiger partial charge on any atom is -0.336 e. The van der Waals surface area contributed by atoms with E-state index in [-0.39, 0.29) is 0 Å². The molecule has 0 saturated carbocycles. The summed E-state index contributed by atoms with van der Waals surface area (Å²) < 4.78 is 7.07. The molecule has 7 heteroatoms. The second kappa shape index (κ2) is 4.34. The molecule has 0 heterocycles. The molecular weight excluding hydrogens is 255 g/mol. The molecule has 0 bridgehead atoms. The lowest BCUT2D eigenvalue weighted by Crippen LogP contribution is -2.69. The fourth-order valence-electron chi connectivity index (χ4n) is 1.52. The monoisotopic (exact) mass is 274 g/mol. The van der Waals surface area contributed by atoms with Gasteiger partial charge in [-0.25, -0.2) is 0 Å². The van der Waals surface area contributed by atoms with Crippen molar-refractivity contribution in [2.24, 2.45) is 0 Å². The van der Waals surface area contributed by atoms with Gasteiger partial charge in [0, 0.05) is 0 Å². The first-order valence-electron chi connectivity index (χ1n) is 4.38. The Balaban J connectivity index is 4.25. The maximum absolute atomic E-state index is 6.24. The van der Waals surface area contributed by atoms with Crippen LogP contribution in [0.1, 0.15) is 0 Å². The van der Waals surface area contributed by atoms with Crippen LogP contribution in [0, 0.1) is 0 Å². The lowest BCUT2D eigenvalue weighted by atomic mass is 11.9. The Morgan fingerprint density at radius 3 is 1.08 bits per heavy atom. The van der Waals surface area contributed by atoms with Gasteiger partial charge in [0.2, 0.25) is 15.1 Å². The summed E-state index contributed by atoms with van der Waals surface area (Å²) in [5.41, 5.74) is 0. The molecule has 0 unspecified atom stereocenters. The molecule has 0 rings (SSSR count). The van der Waals surface area contributed by atoms with E-state index < -0.39 is 23.5 Å². The summed E-state index contributed by atoms with van der Waals surface area (Å²) in [5.74, 6) is 0. The zero-order chi connectivity index (χ0) is 10.9. The van der Waals surface area contributed by atoms with Gasteiger partial charge in [0.15, 0.2) is 8.40 Å².